The second-order valence-corrected chi connectivity index (χ2v) is 6.99. The largest absolute Gasteiger partial charge is 0.497 e. The van der Waals surface area contributed by atoms with E-state index in [1.54, 1.807) is 25.3 Å². The first-order valence-electron chi connectivity index (χ1n) is 9.37. The molecule has 1 aliphatic rings. The van der Waals surface area contributed by atoms with E-state index in [0.717, 1.165) is 27.6 Å². The van der Waals surface area contributed by atoms with Gasteiger partial charge in [-0.05, 0) is 66.6 Å². The lowest BCUT2D eigenvalue weighted by Crippen LogP contribution is -2.30. The van der Waals surface area contributed by atoms with Crippen LogP contribution in [-0.4, -0.2) is 28.5 Å². The molecule has 1 aromatic heterocycles. The second kappa shape index (κ2) is 7.87. The van der Waals surface area contributed by atoms with Gasteiger partial charge >= 0.3 is 6.03 Å². The molecule has 4 rings (SSSR count). The third-order valence-corrected chi connectivity index (χ3v) is 4.91. The van der Waals surface area contributed by atoms with Crippen LogP contribution in [0.15, 0.2) is 66.5 Å². The van der Waals surface area contributed by atoms with Gasteiger partial charge in [-0.2, -0.15) is 0 Å². The summed E-state index contributed by atoms with van der Waals surface area (Å²) in [6.07, 6.45) is 3.55. The Hall–Kier alpha value is -3.87. The van der Waals surface area contributed by atoms with E-state index < -0.39 is 11.9 Å². The molecule has 0 bridgehead atoms. The van der Waals surface area contributed by atoms with Crippen molar-refractivity contribution in [1.82, 2.24) is 14.8 Å². The van der Waals surface area contributed by atoms with Crippen LogP contribution in [0.4, 0.5) is 9.18 Å². The number of ether oxygens (including phenoxy) is 1. The predicted molar refractivity (Wildman–Crippen MR) is 111 cm³/mol. The van der Waals surface area contributed by atoms with Gasteiger partial charge in [0.05, 0.1) is 13.7 Å². The first-order valence-corrected chi connectivity index (χ1v) is 9.37. The van der Waals surface area contributed by atoms with E-state index in [0.29, 0.717) is 5.56 Å². The number of benzene rings is 2. The third kappa shape index (κ3) is 3.82. The van der Waals surface area contributed by atoms with Gasteiger partial charge in [-0.15, -0.1) is 0 Å². The maximum Gasteiger partial charge on any atom is 0.329 e. The first kappa shape index (κ1) is 19.4. The summed E-state index contributed by atoms with van der Waals surface area (Å²) in [4.78, 5) is 26.1. The molecule has 1 saturated heterocycles. The molecule has 0 aliphatic carbocycles. The number of nitrogens with one attached hydrogen (secondary N) is 1. The molecule has 2 aromatic carbocycles. The number of rotatable bonds is 5. The summed E-state index contributed by atoms with van der Waals surface area (Å²) in [5.74, 6) is -0.0149. The standard InChI is InChI=1S/C23H20FN3O3/c1-15-11-17(14-26(15)19-7-9-20(30-2)10-8-19)12-21-22(28)27(23(29)25-21)13-16-3-5-18(24)6-4-16/h3-12,14H,13H2,1-2H3,(H,25,29)/b21-12+. The molecule has 0 saturated carbocycles. The number of carbonyl (C=O) groups is 2. The average molecular weight is 405 g/mol. The summed E-state index contributed by atoms with van der Waals surface area (Å²) in [7, 11) is 1.62. The van der Waals surface area contributed by atoms with E-state index in [4.69, 9.17) is 4.74 Å². The fraction of sp³-hybridized carbons (Fsp3) is 0.130. The van der Waals surface area contributed by atoms with E-state index >= 15 is 0 Å². The molecule has 6 nitrogen and oxygen atoms in total. The fourth-order valence-electron chi connectivity index (χ4n) is 3.35. The summed E-state index contributed by atoms with van der Waals surface area (Å²) in [6, 6.07) is 14.8. The van der Waals surface area contributed by atoms with Gasteiger partial charge in [0.1, 0.15) is 17.3 Å². The lowest BCUT2D eigenvalue weighted by molar-refractivity contribution is -0.123. The van der Waals surface area contributed by atoms with Crippen molar-refractivity contribution in [1.29, 1.82) is 0 Å². The van der Waals surface area contributed by atoms with Crippen LogP contribution in [0, 0.1) is 12.7 Å². The van der Waals surface area contributed by atoms with E-state index in [-0.39, 0.29) is 18.1 Å². The van der Waals surface area contributed by atoms with Gasteiger partial charge in [-0.1, -0.05) is 12.1 Å². The third-order valence-electron chi connectivity index (χ3n) is 4.91. The maximum atomic E-state index is 13.1. The summed E-state index contributed by atoms with van der Waals surface area (Å²) >= 11 is 0. The van der Waals surface area contributed by atoms with Crippen LogP contribution < -0.4 is 10.1 Å². The minimum absolute atomic E-state index is 0.0776. The van der Waals surface area contributed by atoms with Gasteiger partial charge in [0, 0.05) is 17.6 Å². The molecule has 3 amide bonds. The number of urea groups is 1. The van der Waals surface area contributed by atoms with Gasteiger partial charge in [0.2, 0.25) is 0 Å². The van der Waals surface area contributed by atoms with E-state index in [2.05, 4.69) is 5.32 Å². The highest BCUT2D eigenvalue weighted by Gasteiger charge is 2.33. The molecular weight excluding hydrogens is 385 g/mol. The molecule has 0 spiro atoms. The molecule has 30 heavy (non-hydrogen) atoms. The number of amides is 3. The number of aryl methyl sites for hydroxylation is 1. The zero-order valence-corrected chi connectivity index (χ0v) is 16.6. The minimum atomic E-state index is -0.498. The van der Waals surface area contributed by atoms with Crippen LogP contribution in [-0.2, 0) is 11.3 Å². The molecule has 0 unspecified atom stereocenters. The molecule has 1 aliphatic heterocycles. The van der Waals surface area contributed by atoms with Crippen LogP contribution >= 0.6 is 0 Å². The van der Waals surface area contributed by atoms with Crippen LogP contribution in [0.5, 0.6) is 5.75 Å². The number of methoxy groups -OCH3 is 1. The SMILES string of the molecule is COc1ccc(-n2cc(/C=C3/NC(=O)N(Cc4ccc(F)cc4)C3=O)cc2C)cc1. The van der Waals surface area contributed by atoms with Crippen molar-refractivity contribution in [3.63, 3.8) is 0 Å². The van der Waals surface area contributed by atoms with Crippen LogP contribution in [0.25, 0.3) is 11.8 Å². The van der Waals surface area contributed by atoms with Crippen LogP contribution in [0.3, 0.4) is 0 Å². The number of hydrogen-bond donors (Lipinski definition) is 1. The van der Waals surface area contributed by atoms with Crippen molar-refractivity contribution in [2.24, 2.45) is 0 Å². The number of imide groups is 1. The Morgan fingerprint density at radius 1 is 1.07 bits per heavy atom. The van der Waals surface area contributed by atoms with Crippen molar-refractivity contribution in [3.8, 4) is 11.4 Å². The smallest absolute Gasteiger partial charge is 0.329 e. The molecular formula is C23H20FN3O3. The Kier molecular flexibility index (Phi) is 5.10. The molecule has 7 heteroatoms. The molecule has 0 atom stereocenters. The Labute approximate surface area is 173 Å². The van der Waals surface area contributed by atoms with E-state index in [1.165, 1.54) is 12.1 Å². The highest BCUT2D eigenvalue weighted by molar-refractivity contribution is 6.13. The fourth-order valence-corrected chi connectivity index (χ4v) is 3.35. The van der Waals surface area contributed by atoms with Crippen LogP contribution in [0.2, 0.25) is 0 Å². The quantitative estimate of drug-likeness (QED) is 0.515. The first-order chi connectivity index (χ1) is 14.4. The maximum absolute atomic E-state index is 13.1. The van der Waals surface area contributed by atoms with Crippen molar-refractivity contribution < 1.29 is 18.7 Å². The number of halogens is 1. The van der Waals surface area contributed by atoms with Crippen molar-refractivity contribution in [2.45, 2.75) is 13.5 Å². The Morgan fingerprint density at radius 2 is 1.77 bits per heavy atom. The molecule has 2 heterocycles. The predicted octanol–water partition coefficient (Wildman–Crippen LogP) is 4.03. The molecule has 1 N–H and O–H groups in total. The van der Waals surface area contributed by atoms with Crippen molar-refractivity contribution in [3.05, 3.63) is 89.1 Å². The number of hydrogen-bond acceptors (Lipinski definition) is 3. The normalized spacial score (nSPS) is 15.0. The van der Waals surface area contributed by atoms with Crippen LogP contribution in [0.1, 0.15) is 16.8 Å². The second-order valence-electron chi connectivity index (χ2n) is 6.99. The highest BCUT2D eigenvalue weighted by Crippen LogP contribution is 2.22. The van der Waals surface area contributed by atoms with E-state index in [9.17, 15) is 14.0 Å². The lowest BCUT2D eigenvalue weighted by Gasteiger charge is -2.11. The highest BCUT2D eigenvalue weighted by atomic mass is 19.1. The number of aromatic nitrogens is 1. The zero-order valence-electron chi connectivity index (χ0n) is 16.6. The number of nitrogens with zero attached hydrogens (tertiary/aromatic N) is 2. The van der Waals surface area contributed by atoms with Crippen molar-refractivity contribution >= 4 is 18.0 Å². The molecule has 3 aromatic rings. The molecule has 0 radical (unpaired) electrons. The summed E-state index contributed by atoms with van der Waals surface area (Å²) in [6.45, 7) is 2.04. The summed E-state index contributed by atoms with van der Waals surface area (Å²) < 4.78 is 20.3. The topological polar surface area (TPSA) is 63.6 Å². The van der Waals surface area contributed by atoms with Gasteiger partial charge in [-0.25, -0.2) is 9.18 Å². The minimum Gasteiger partial charge on any atom is -0.497 e. The van der Waals surface area contributed by atoms with Gasteiger partial charge in [0.15, 0.2) is 0 Å². The molecule has 152 valence electrons. The molecule has 1 fully saturated rings. The average Bonchev–Trinajstić information content (AvgIpc) is 3.23. The lowest BCUT2D eigenvalue weighted by atomic mass is 10.2. The Morgan fingerprint density at radius 3 is 2.43 bits per heavy atom. The zero-order chi connectivity index (χ0) is 21.3. The Balaban J connectivity index is 1.55. The monoisotopic (exact) mass is 405 g/mol. The van der Waals surface area contributed by atoms with Gasteiger partial charge in [0.25, 0.3) is 5.91 Å². The van der Waals surface area contributed by atoms with Gasteiger partial charge < -0.3 is 14.6 Å². The Bertz CT molecular complexity index is 1130. The van der Waals surface area contributed by atoms with Gasteiger partial charge in [-0.3, -0.25) is 9.69 Å². The van der Waals surface area contributed by atoms with Crippen molar-refractivity contribution in [2.75, 3.05) is 7.11 Å². The van der Waals surface area contributed by atoms with E-state index in [1.807, 2.05) is 48.0 Å². The number of carbonyl (C=O) groups excluding carboxylic acids is 2. The summed E-state index contributed by atoms with van der Waals surface area (Å²) in [5, 5.41) is 2.62. The summed E-state index contributed by atoms with van der Waals surface area (Å²) in [5.41, 5.74) is 3.59.